The van der Waals surface area contributed by atoms with E-state index in [0.717, 1.165) is 6.42 Å². The van der Waals surface area contributed by atoms with Crippen molar-refractivity contribution in [3.05, 3.63) is 12.2 Å². The van der Waals surface area contributed by atoms with E-state index in [2.05, 4.69) is 0 Å². The fourth-order valence-electron chi connectivity index (χ4n) is 1.87. The number of rotatable bonds is 3. The molecule has 0 radical (unpaired) electrons. The number of carbonyl (C=O) groups excluding carboxylic acids is 2. The zero-order valence-electron chi connectivity index (χ0n) is 12.1. The minimum Gasteiger partial charge on any atom is -0.460 e. The van der Waals surface area contributed by atoms with E-state index in [1.165, 1.54) is 4.90 Å². The van der Waals surface area contributed by atoms with Crippen LogP contribution in [0.15, 0.2) is 12.2 Å². The summed E-state index contributed by atoms with van der Waals surface area (Å²) in [6.45, 7) is 8.06. The maximum Gasteiger partial charge on any atom is 0.411 e. The first-order valence-corrected chi connectivity index (χ1v) is 6.62. The molecule has 1 unspecified atom stereocenters. The zero-order chi connectivity index (χ0) is 14.5. The zero-order valence-corrected chi connectivity index (χ0v) is 12.1. The molecule has 1 fully saturated rings. The van der Waals surface area contributed by atoms with E-state index < -0.39 is 17.7 Å². The van der Waals surface area contributed by atoms with Crippen LogP contribution in [0.3, 0.4) is 0 Å². The molecular formula is C14H23NO4. The van der Waals surface area contributed by atoms with E-state index in [4.69, 9.17) is 9.47 Å². The molecule has 1 rings (SSSR count). The van der Waals surface area contributed by atoms with Crippen LogP contribution in [0.25, 0.3) is 0 Å². The molecular weight excluding hydrogens is 246 g/mol. The van der Waals surface area contributed by atoms with Crippen molar-refractivity contribution in [1.82, 2.24) is 4.90 Å². The Kier molecular flexibility index (Phi) is 5.39. The van der Waals surface area contributed by atoms with Crippen molar-refractivity contribution in [1.29, 1.82) is 0 Å². The lowest BCUT2D eigenvalue weighted by molar-refractivity contribution is -0.147. The van der Waals surface area contributed by atoms with Gasteiger partial charge in [-0.25, -0.2) is 9.59 Å². The van der Waals surface area contributed by atoms with Gasteiger partial charge < -0.3 is 9.47 Å². The first-order valence-electron chi connectivity index (χ1n) is 6.62. The number of likely N-dealkylation sites (tertiary alicyclic amines) is 1. The standard InChI is InChI=1S/C14H23NO4/c1-5-6-10-18-12(16)11-8-7-9-15(11)13(17)19-14(2,3)4/h5-6,11H,7-10H2,1-4H3. The van der Waals surface area contributed by atoms with E-state index >= 15 is 0 Å². The summed E-state index contributed by atoms with van der Waals surface area (Å²) >= 11 is 0. The average molecular weight is 269 g/mol. The number of esters is 1. The minimum atomic E-state index is -0.556. The molecule has 0 N–H and O–H groups in total. The molecule has 5 nitrogen and oxygen atoms in total. The predicted molar refractivity (Wildman–Crippen MR) is 71.7 cm³/mol. The summed E-state index contributed by atoms with van der Waals surface area (Å²) < 4.78 is 10.4. The summed E-state index contributed by atoms with van der Waals surface area (Å²) in [7, 11) is 0. The third kappa shape index (κ3) is 4.93. The van der Waals surface area contributed by atoms with Gasteiger partial charge >= 0.3 is 12.1 Å². The van der Waals surface area contributed by atoms with Gasteiger partial charge in [-0.05, 0) is 40.5 Å². The van der Waals surface area contributed by atoms with Crippen molar-refractivity contribution in [2.45, 2.75) is 52.2 Å². The number of amides is 1. The van der Waals surface area contributed by atoms with Crippen LogP contribution in [0.5, 0.6) is 0 Å². The first kappa shape index (κ1) is 15.5. The monoisotopic (exact) mass is 269 g/mol. The summed E-state index contributed by atoms with van der Waals surface area (Å²) in [5, 5.41) is 0. The molecule has 0 bridgehead atoms. The van der Waals surface area contributed by atoms with Gasteiger partial charge in [0.1, 0.15) is 18.2 Å². The summed E-state index contributed by atoms with van der Waals surface area (Å²) in [5.74, 6) is -0.360. The highest BCUT2D eigenvalue weighted by Gasteiger charge is 2.37. The van der Waals surface area contributed by atoms with E-state index in [9.17, 15) is 9.59 Å². The van der Waals surface area contributed by atoms with E-state index in [0.29, 0.717) is 13.0 Å². The number of carbonyl (C=O) groups is 2. The Hall–Kier alpha value is -1.52. The lowest BCUT2D eigenvalue weighted by atomic mass is 10.2. The van der Waals surface area contributed by atoms with E-state index in [1.807, 2.05) is 13.0 Å². The summed E-state index contributed by atoms with van der Waals surface area (Å²) in [6, 6.07) is -0.514. The molecule has 0 spiro atoms. The molecule has 0 aromatic rings. The van der Waals surface area contributed by atoms with Crippen molar-refractivity contribution in [3.8, 4) is 0 Å². The Morgan fingerprint density at radius 1 is 1.37 bits per heavy atom. The smallest absolute Gasteiger partial charge is 0.411 e. The van der Waals surface area contributed by atoms with Gasteiger partial charge in [-0.2, -0.15) is 0 Å². The van der Waals surface area contributed by atoms with Crippen molar-refractivity contribution < 1.29 is 19.1 Å². The number of allylic oxidation sites excluding steroid dienone is 1. The van der Waals surface area contributed by atoms with Crippen LogP contribution in [0.1, 0.15) is 40.5 Å². The first-order chi connectivity index (χ1) is 8.85. The predicted octanol–water partition coefficient (Wildman–Crippen LogP) is 2.51. The Morgan fingerprint density at radius 3 is 2.63 bits per heavy atom. The second-order valence-corrected chi connectivity index (χ2v) is 5.53. The molecule has 5 heteroatoms. The Balaban J connectivity index is 2.58. The molecule has 108 valence electrons. The topological polar surface area (TPSA) is 55.8 Å². The molecule has 1 saturated heterocycles. The molecule has 1 atom stereocenters. The lowest BCUT2D eigenvalue weighted by Crippen LogP contribution is -2.44. The average Bonchev–Trinajstić information content (AvgIpc) is 2.75. The van der Waals surface area contributed by atoms with Crippen molar-refractivity contribution >= 4 is 12.1 Å². The van der Waals surface area contributed by atoms with Crippen molar-refractivity contribution in [2.24, 2.45) is 0 Å². The second-order valence-electron chi connectivity index (χ2n) is 5.53. The lowest BCUT2D eigenvalue weighted by Gasteiger charge is -2.27. The molecule has 1 aliphatic heterocycles. The van der Waals surface area contributed by atoms with Crippen molar-refractivity contribution in [3.63, 3.8) is 0 Å². The summed E-state index contributed by atoms with van der Waals surface area (Å²) in [4.78, 5) is 25.3. The van der Waals surface area contributed by atoms with E-state index in [-0.39, 0.29) is 12.6 Å². The van der Waals surface area contributed by atoms with Gasteiger partial charge in [0.2, 0.25) is 0 Å². The van der Waals surface area contributed by atoms with Gasteiger partial charge in [-0.1, -0.05) is 12.2 Å². The molecule has 19 heavy (non-hydrogen) atoms. The van der Waals surface area contributed by atoms with Gasteiger partial charge in [-0.15, -0.1) is 0 Å². The Bertz CT molecular complexity index is 357. The molecule has 1 amide bonds. The summed E-state index contributed by atoms with van der Waals surface area (Å²) in [5.41, 5.74) is -0.556. The van der Waals surface area contributed by atoms with Crippen molar-refractivity contribution in [2.75, 3.05) is 13.2 Å². The molecule has 1 aliphatic rings. The van der Waals surface area contributed by atoms with Gasteiger partial charge in [0.05, 0.1) is 0 Å². The number of nitrogens with zero attached hydrogens (tertiary/aromatic N) is 1. The minimum absolute atomic E-state index is 0.244. The number of ether oxygens (including phenoxy) is 2. The highest BCUT2D eigenvalue weighted by Crippen LogP contribution is 2.21. The molecule has 1 heterocycles. The van der Waals surface area contributed by atoms with Gasteiger partial charge in [0.15, 0.2) is 0 Å². The van der Waals surface area contributed by atoms with Crippen LogP contribution in [0.4, 0.5) is 4.79 Å². The Morgan fingerprint density at radius 2 is 2.05 bits per heavy atom. The quantitative estimate of drug-likeness (QED) is 0.583. The van der Waals surface area contributed by atoms with Gasteiger partial charge in [0.25, 0.3) is 0 Å². The molecule has 0 aliphatic carbocycles. The third-order valence-electron chi connectivity index (χ3n) is 2.71. The molecule has 0 aromatic heterocycles. The van der Waals surface area contributed by atoms with Crippen LogP contribution in [-0.4, -0.2) is 41.8 Å². The van der Waals surface area contributed by atoms with Gasteiger partial charge in [-0.3, -0.25) is 4.90 Å². The third-order valence-corrected chi connectivity index (χ3v) is 2.71. The number of hydrogen-bond acceptors (Lipinski definition) is 4. The highest BCUT2D eigenvalue weighted by atomic mass is 16.6. The fraction of sp³-hybridized carbons (Fsp3) is 0.714. The normalized spacial score (nSPS) is 19.8. The van der Waals surface area contributed by atoms with Crippen LogP contribution < -0.4 is 0 Å². The maximum atomic E-state index is 12.0. The number of hydrogen-bond donors (Lipinski definition) is 0. The highest BCUT2D eigenvalue weighted by molar-refractivity contribution is 5.82. The van der Waals surface area contributed by atoms with Crippen LogP contribution in [-0.2, 0) is 14.3 Å². The van der Waals surface area contributed by atoms with Crippen LogP contribution in [0, 0.1) is 0 Å². The largest absolute Gasteiger partial charge is 0.460 e. The van der Waals surface area contributed by atoms with Crippen LogP contribution >= 0.6 is 0 Å². The Labute approximate surface area is 114 Å². The fourth-order valence-corrected chi connectivity index (χ4v) is 1.87. The molecule has 0 aromatic carbocycles. The van der Waals surface area contributed by atoms with Gasteiger partial charge in [0, 0.05) is 6.54 Å². The van der Waals surface area contributed by atoms with E-state index in [1.54, 1.807) is 26.8 Å². The van der Waals surface area contributed by atoms with Crippen LogP contribution in [0.2, 0.25) is 0 Å². The maximum absolute atomic E-state index is 12.0. The molecule has 0 saturated carbocycles. The second kappa shape index (κ2) is 6.59. The summed E-state index contributed by atoms with van der Waals surface area (Å²) in [6.07, 6.45) is 4.55. The SMILES string of the molecule is CC=CCOC(=O)C1CCCN1C(=O)OC(C)(C)C.